The lowest BCUT2D eigenvalue weighted by atomic mass is 9.99. The van der Waals surface area contributed by atoms with Crippen molar-refractivity contribution in [3.63, 3.8) is 0 Å². The zero-order chi connectivity index (χ0) is 15.5. The quantitative estimate of drug-likeness (QED) is 0.510. The third-order valence-electron chi connectivity index (χ3n) is 3.44. The molecule has 6 nitrogen and oxygen atoms in total. The van der Waals surface area contributed by atoms with Crippen LogP contribution < -0.4 is 5.43 Å². The minimum absolute atomic E-state index is 0.230. The van der Waals surface area contributed by atoms with Crippen molar-refractivity contribution in [1.82, 2.24) is 20.6 Å². The van der Waals surface area contributed by atoms with Crippen molar-refractivity contribution in [3.05, 3.63) is 53.5 Å². The Morgan fingerprint density at radius 1 is 1.32 bits per heavy atom. The Bertz CT molecular complexity index is 814. The number of aromatic nitrogens is 3. The smallest absolute Gasteiger partial charge is 0.288 e. The highest BCUT2D eigenvalue weighted by molar-refractivity contribution is 6.01. The van der Waals surface area contributed by atoms with E-state index in [1.165, 1.54) is 6.21 Å². The lowest BCUT2D eigenvalue weighted by molar-refractivity contribution is 0.0949. The van der Waals surface area contributed by atoms with Crippen molar-refractivity contribution in [1.29, 1.82) is 0 Å². The summed E-state index contributed by atoms with van der Waals surface area (Å²) < 4.78 is 0. The SMILES string of the molecule is CC(C)c1c(C(=O)N/N=C\c2ccn[nH]2)[nH]c2ccccc12. The highest BCUT2D eigenvalue weighted by Gasteiger charge is 2.19. The Balaban J connectivity index is 1.88. The first kappa shape index (κ1) is 14.1. The van der Waals surface area contributed by atoms with Crippen LogP contribution in [-0.4, -0.2) is 27.3 Å². The maximum atomic E-state index is 12.4. The highest BCUT2D eigenvalue weighted by Crippen LogP contribution is 2.28. The Hall–Kier alpha value is -2.89. The maximum Gasteiger partial charge on any atom is 0.288 e. The predicted octanol–water partition coefficient (Wildman–Crippen LogP) is 2.78. The zero-order valence-electron chi connectivity index (χ0n) is 12.4. The summed E-state index contributed by atoms with van der Waals surface area (Å²) in [6.45, 7) is 4.14. The summed E-state index contributed by atoms with van der Waals surface area (Å²) in [7, 11) is 0. The molecule has 112 valence electrons. The average molecular weight is 295 g/mol. The number of rotatable bonds is 4. The van der Waals surface area contributed by atoms with Crippen molar-refractivity contribution in [2.75, 3.05) is 0 Å². The van der Waals surface area contributed by atoms with E-state index >= 15 is 0 Å². The summed E-state index contributed by atoms with van der Waals surface area (Å²) >= 11 is 0. The highest BCUT2D eigenvalue weighted by atomic mass is 16.2. The fourth-order valence-corrected chi connectivity index (χ4v) is 2.50. The number of H-pyrrole nitrogens is 2. The number of amides is 1. The van der Waals surface area contributed by atoms with E-state index in [0.29, 0.717) is 5.69 Å². The predicted molar refractivity (Wildman–Crippen MR) is 86.0 cm³/mol. The number of carbonyl (C=O) groups is 1. The molecule has 22 heavy (non-hydrogen) atoms. The third kappa shape index (κ3) is 2.63. The molecule has 1 amide bonds. The van der Waals surface area contributed by atoms with E-state index in [9.17, 15) is 4.79 Å². The first-order valence-electron chi connectivity index (χ1n) is 7.10. The van der Waals surface area contributed by atoms with Crippen LogP contribution in [0.4, 0.5) is 0 Å². The lowest BCUT2D eigenvalue weighted by Crippen LogP contribution is -2.19. The molecule has 0 bridgehead atoms. The van der Waals surface area contributed by atoms with Crippen LogP contribution in [0.25, 0.3) is 10.9 Å². The van der Waals surface area contributed by atoms with Crippen molar-refractivity contribution in [3.8, 4) is 0 Å². The summed E-state index contributed by atoms with van der Waals surface area (Å²) in [4.78, 5) is 15.6. The molecule has 0 saturated heterocycles. The third-order valence-corrected chi connectivity index (χ3v) is 3.44. The summed E-state index contributed by atoms with van der Waals surface area (Å²) in [6, 6.07) is 9.66. The van der Waals surface area contributed by atoms with E-state index in [-0.39, 0.29) is 11.8 Å². The van der Waals surface area contributed by atoms with Crippen LogP contribution in [0.15, 0.2) is 41.6 Å². The van der Waals surface area contributed by atoms with E-state index in [0.717, 1.165) is 22.2 Å². The molecule has 0 radical (unpaired) electrons. The number of benzene rings is 1. The Morgan fingerprint density at radius 3 is 2.86 bits per heavy atom. The van der Waals surface area contributed by atoms with Crippen LogP contribution in [0.3, 0.4) is 0 Å². The van der Waals surface area contributed by atoms with Gasteiger partial charge in [0.25, 0.3) is 5.91 Å². The Kier molecular flexibility index (Phi) is 3.74. The second-order valence-electron chi connectivity index (χ2n) is 5.33. The van der Waals surface area contributed by atoms with Crippen LogP contribution in [0.1, 0.15) is 41.5 Å². The molecule has 3 N–H and O–H groups in total. The van der Waals surface area contributed by atoms with Gasteiger partial charge in [0, 0.05) is 17.1 Å². The number of fused-ring (bicyclic) bond motifs is 1. The summed E-state index contributed by atoms with van der Waals surface area (Å²) in [5.41, 5.74) is 5.78. The zero-order valence-corrected chi connectivity index (χ0v) is 12.4. The minimum Gasteiger partial charge on any atom is -0.350 e. The van der Waals surface area contributed by atoms with Gasteiger partial charge in [0.15, 0.2) is 0 Å². The molecule has 0 aliphatic rings. The van der Waals surface area contributed by atoms with Gasteiger partial charge in [-0.25, -0.2) is 5.43 Å². The van der Waals surface area contributed by atoms with Gasteiger partial charge in [0.1, 0.15) is 5.69 Å². The first-order chi connectivity index (χ1) is 10.7. The van der Waals surface area contributed by atoms with Crippen molar-refractivity contribution in [2.45, 2.75) is 19.8 Å². The average Bonchev–Trinajstić information content (AvgIpc) is 3.13. The molecule has 0 fully saturated rings. The molecule has 2 aromatic heterocycles. The number of hydrogen-bond donors (Lipinski definition) is 3. The molecule has 0 aliphatic heterocycles. The fourth-order valence-electron chi connectivity index (χ4n) is 2.50. The van der Waals surface area contributed by atoms with Crippen LogP contribution in [0.2, 0.25) is 0 Å². The molecule has 3 rings (SSSR count). The van der Waals surface area contributed by atoms with Gasteiger partial charge in [0.2, 0.25) is 0 Å². The van der Waals surface area contributed by atoms with E-state index in [2.05, 4.69) is 39.6 Å². The molecule has 0 spiro atoms. The molecule has 3 aromatic rings. The summed E-state index contributed by atoms with van der Waals surface area (Å²) in [5.74, 6) is -0.0239. The topological polar surface area (TPSA) is 85.9 Å². The molecule has 0 aliphatic carbocycles. The normalized spacial score (nSPS) is 11.6. The van der Waals surface area contributed by atoms with Crippen molar-refractivity contribution >= 4 is 23.0 Å². The molecule has 1 aromatic carbocycles. The fraction of sp³-hybridized carbons (Fsp3) is 0.188. The standard InChI is InChI=1S/C16H17N5O/c1-10(2)14-12-5-3-4-6-13(12)19-15(14)16(22)21-18-9-11-7-8-17-20-11/h3-10,19H,1-2H3,(H,17,20)(H,21,22)/b18-9-. The molecular formula is C16H17N5O. The molecule has 0 atom stereocenters. The maximum absolute atomic E-state index is 12.4. The van der Waals surface area contributed by atoms with Gasteiger partial charge in [0.05, 0.1) is 11.9 Å². The van der Waals surface area contributed by atoms with Crippen LogP contribution in [0, 0.1) is 0 Å². The Labute approximate surface area is 127 Å². The van der Waals surface area contributed by atoms with Gasteiger partial charge in [-0.1, -0.05) is 32.0 Å². The van der Waals surface area contributed by atoms with E-state index in [1.807, 2.05) is 24.3 Å². The number of hydrogen-bond acceptors (Lipinski definition) is 3. The molecular weight excluding hydrogens is 278 g/mol. The van der Waals surface area contributed by atoms with Crippen molar-refractivity contribution in [2.24, 2.45) is 5.10 Å². The summed E-state index contributed by atoms with van der Waals surface area (Å²) in [5, 5.41) is 11.6. The molecule has 0 saturated carbocycles. The van der Waals surface area contributed by atoms with Crippen LogP contribution >= 0.6 is 0 Å². The largest absolute Gasteiger partial charge is 0.350 e. The number of aromatic amines is 2. The van der Waals surface area contributed by atoms with Gasteiger partial charge in [-0.15, -0.1) is 0 Å². The van der Waals surface area contributed by atoms with Gasteiger partial charge in [-0.3, -0.25) is 9.89 Å². The van der Waals surface area contributed by atoms with Gasteiger partial charge in [-0.05, 0) is 23.6 Å². The number of hydrazone groups is 1. The van der Waals surface area contributed by atoms with Crippen LogP contribution in [0.5, 0.6) is 0 Å². The second kappa shape index (κ2) is 5.85. The number of para-hydroxylation sites is 1. The molecule has 0 unspecified atom stereocenters. The van der Waals surface area contributed by atoms with Gasteiger partial charge in [-0.2, -0.15) is 10.2 Å². The number of nitrogens with one attached hydrogen (secondary N) is 3. The summed E-state index contributed by atoms with van der Waals surface area (Å²) in [6.07, 6.45) is 3.14. The van der Waals surface area contributed by atoms with E-state index in [1.54, 1.807) is 12.3 Å². The van der Waals surface area contributed by atoms with Crippen molar-refractivity contribution < 1.29 is 4.79 Å². The lowest BCUT2D eigenvalue weighted by Gasteiger charge is -2.06. The second-order valence-corrected chi connectivity index (χ2v) is 5.33. The number of nitrogens with zero attached hydrogens (tertiary/aromatic N) is 2. The number of carbonyl (C=O) groups excluding carboxylic acids is 1. The first-order valence-corrected chi connectivity index (χ1v) is 7.10. The molecule has 6 heteroatoms. The minimum atomic E-state index is -0.254. The van der Waals surface area contributed by atoms with E-state index in [4.69, 9.17) is 0 Å². The van der Waals surface area contributed by atoms with E-state index < -0.39 is 0 Å². The molecule has 2 heterocycles. The Morgan fingerprint density at radius 2 is 2.14 bits per heavy atom. The van der Waals surface area contributed by atoms with Gasteiger partial charge < -0.3 is 4.98 Å². The van der Waals surface area contributed by atoms with Crippen LogP contribution in [-0.2, 0) is 0 Å². The monoisotopic (exact) mass is 295 g/mol. The van der Waals surface area contributed by atoms with Gasteiger partial charge >= 0.3 is 0 Å².